The van der Waals surface area contributed by atoms with E-state index in [4.69, 9.17) is 10.9 Å². The fourth-order valence-electron chi connectivity index (χ4n) is 2.04. The number of anilines is 1. The number of carbonyl (C=O) groups is 2. The number of nitrogens with two attached hydrogens (primary N) is 2. The molecule has 0 heterocycles. The first-order valence-corrected chi connectivity index (χ1v) is 9.47. The minimum Gasteiger partial charge on any atom is -0.343 e. The predicted molar refractivity (Wildman–Crippen MR) is 96.0 cm³/mol. The van der Waals surface area contributed by atoms with E-state index in [1.54, 1.807) is 13.8 Å². The molecular weight excluding hydrogens is 344 g/mol. The number of nitrogens with one attached hydrogen (secondary N) is 2. The van der Waals surface area contributed by atoms with E-state index in [1.165, 1.54) is 24.3 Å². The number of hydrogen-bond donors (Lipinski definition) is 4. The number of benzene rings is 1. The first kappa shape index (κ1) is 21.1. The van der Waals surface area contributed by atoms with Crippen molar-refractivity contribution in [3.8, 4) is 0 Å². The van der Waals surface area contributed by atoms with Crippen LogP contribution in [0.4, 0.5) is 5.69 Å². The number of carbonyl (C=O) groups excluding carboxylic acids is 2. The van der Waals surface area contributed by atoms with Crippen LogP contribution in [-0.2, 0) is 19.6 Å². The SMILES string of the molecule is CC(C)C(N)C(=O)NC(C(=O)Nc1ccc(S(N)(=O)=O)cc1)C(C)C. The molecule has 0 aliphatic heterocycles. The van der Waals surface area contributed by atoms with Gasteiger partial charge in [-0.1, -0.05) is 27.7 Å². The van der Waals surface area contributed by atoms with Crippen LogP contribution in [0.15, 0.2) is 29.2 Å². The summed E-state index contributed by atoms with van der Waals surface area (Å²) in [5.74, 6) is -1.02. The molecule has 2 unspecified atom stereocenters. The van der Waals surface area contributed by atoms with E-state index in [0.717, 1.165) is 0 Å². The maximum atomic E-state index is 12.5. The minimum absolute atomic E-state index is 0.0536. The van der Waals surface area contributed by atoms with Gasteiger partial charge in [-0.2, -0.15) is 0 Å². The van der Waals surface area contributed by atoms with Crippen molar-refractivity contribution in [3.05, 3.63) is 24.3 Å². The van der Waals surface area contributed by atoms with Crippen LogP contribution in [-0.4, -0.2) is 32.3 Å². The third-order valence-electron chi connectivity index (χ3n) is 3.72. The van der Waals surface area contributed by atoms with Crippen molar-refractivity contribution < 1.29 is 18.0 Å². The fraction of sp³-hybridized carbons (Fsp3) is 0.500. The summed E-state index contributed by atoms with van der Waals surface area (Å²) in [5, 5.41) is 10.3. The van der Waals surface area contributed by atoms with Crippen molar-refractivity contribution in [2.75, 3.05) is 5.32 Å². The van der Waals surface area contributed by atoms with Gasteiger partial charge in [-0.05, 0) is 36.1 Å². The van der Waals surface area contributed by atoms with E-state index >= 15 is 0 Å². The molecule has 1 aromatic carbocycles. The number of primary sulfonamides is 1. The van der Waals surface area contributed by atoms with Gasteiger partial charge in [0.2, 0.25) is 21.8 Å². The van der Waals surface area contributed by atoms with Gasteiger partial charge < -0.3 is 16.4 Å². The Morgan fingerprint density at radius 3 is 1.88 bits per heavy atom. The van der Waals surface area contributed by atoms with Gasteiger partial charge in [-0.25, -0.2) is 13.6 Å². The summed E-state index contributed by atoms with van der Waals surface area (Å²) >= 11 is 0. The maximum Gasteiger partial charge on any atom is 0.247 e. The van der Waals surface area contributed by atoms with Crippen LogP contribution in [0.2, 0.25) is 0 Å². The topological polar surface area (TPSA) is 144 Å². The number of hydrogen-bond acceptors (Lipinski definition) is 5. The second kappa shape index (κ2) is 8.41. The van der Waals surface area contributed by atoms with Crippen molar-refractivity contribution in [3.63, 3.8) is 0 Å². The van der Waals surface area contributed by atoms with Gasteiger partial charge in [0.25, 0.3) is 0 Å². The lowest BCUT2D eigenvalue weighted by Crippen LogP contribution is -2.53. The molecule has 2 atom stereocenters. The van der Waals surface area contributed by atoms with Crippen LogP contribution >= 0.6 is 0 Å². The zero-order valence-electron chi connectivity index (χ0n) is 14.8. The second-order valence-electron chi connectivity index (χ2n) is 6.56. The highest BCUT2D eigenvalue weighted by Gasteiger charge is 2.27. The van der Waals surface area contributed by atoms with Crippen molar-refractivity contribution in [1.82, 2.24) is 5.32 Å². The lowest BCUT2D eigenvalue weighted by atomic mass is 10.0. The van der Waals surface area contributed by atoms with Crippen LogP contribution in [0, 0.1) is 11.8 Å². The second-order valence-corrected chi connectivity index (χ2v) is 8.12. The molecular formula is C16H26N4O4S. The van der Waals surface area contributed by atoms with Gasteiger partial charge in [0.05, 0.1) is 10.9 Å². The molecule has 9 heteroatoms. The van der Waals surface area contributed by atoms with E-state index < -0.39 is 33.9 Å². The molecule has 2 amide bonds. The molecule has 1 rings (SSSR count). The number of amides is 2. The molecule has 6 N–H and O–H groups in total. The highest BCUT2D eigenvalue weighted by atomic mass is 32.2. The minimum atomic E-state index is -3.80. The zero-order chi connectivity index (χ0) is 19.4. The normalized spacial score (nSPS) is 14.2. The summed E-state index contributed by atoms with van der Waals surface area (Å²) in [6.45, 7) is 7.24. The highest BCUT2D eigenvalue weighted by molar-refractivity contribution is 7.89. The van der Waals surface area contributed by atoms with Crippen LogP contribution in [0.5, 0.6) is 0 Å². The molecule has 0 spiro atoms. The Kier molecular flexibility index (Phi) is 7.09. The fourth-order valence-corrected chi connectivity index (χ4v) is 2.55. The highest BCUT2D eigenvalue weighted by Crippen LogP contribution is 2.14. The average molecular weight is 370 g/mol. The van der Waals surface area contributed by atoms with Gasteiger partial charge in [-0.3, -0.25) is 9.59 Å². The summed E-state index contributed by atoms with van der Waals surface area (Å²) in [6.07, 6.45) is 0. The van der Waals surface area contributed by atoms with Gasteiger partial charge in [0.15, 0.2) is 0 Å². The molecule has 0 bridgehead atoms. The summed E-state index contributed by atoms with van der Waals surface area (Å²) in [5.41, 5.74) is 6.20. The Morgan fingerprint density at radius 2 is 1.48 bits per heavy atom. The maximum absolute atomic E-state index is 12.5. The van der Waals surface area contributed by atoms with E-state index in [2.05, 4.69) is 10.6 Å². The van der Waals surface area contributed by atoms with Gasteiger partial charge in [-0.15, -0.1) is 0 Å². The lowest BCUT2D eigenvalue weighted by Gasteiger charge is -2.24. The largest absolute Gasteiger partial charge is 0.343 e. The molecule has 0 aromatic heterocycles. The summed E-state index contributed by atoms with van der Waals surface area (Å²) < 4.78 is 22.5. The monoisotopic (exact) mass is 370 g/mol. The molecule has 0 radical (unpaired) electrons. The van der Waals surface area contributed by atoms with Crippen molar-refractivity contribution in [2.24, 2.45) is 22.7 Å². The van der Waals surface area contributed by atoms with Crippen molar-refractivity contribution in [1.29, 1.82) is 0 Å². The Bertz CT molecular complexity index is 714. The van der Waals surface area contributed by atoms with Crippen LogP contribution in [0.1, 0.15) is 27.7 Å². The van der Waals surface area contributed by atoms with Crippen molar-refractivity contribution in [2.45, 2.75) is 44.7 Å². The molecule has 0 aliphatic rings. The molecule has 1 aromatic rings. The predicted octanol–water partition coefficient (Wildman–Crippen LogP) is 0.397. The van der Waals surface area contributed by atoms with E-state index in [-0.39, 0.29) is 16.7 Å². The molecule has 140 valence electrons. The van der Waals surface area contributed by atoms with Crippen LogP contribution in [0.25, 0.3) is 0 Å². The van der Waals surface area contributed by atoms with Gasteiger partial charge in [0, 0.05) is 5.69 Å². The first-order valence-electron chi connectivity index (χ1n) is 7.93. The molecule has 25 heavy (non-hydrogen) atoms. The summed E-state index contributed by atoms with van der Waals surface area (Å²) in [6, 6.07) is 3.97. The molecule has 0 aliphatic carbocycles. The van der Waals surface area contributed by atoms with Crippen LogP contribution < -0.4 is 21.5 Å². The third-order valence-corrected chi connectivity index (χ3v) is 4.65. The van der Waals surface area contributed by atoms with Crippen LogP contribution in [0.3, 0.4) is 0 Å². The summed E-state index contributed by atoms with van der Waals surface area (Å²) in [7, 11) is -3.80. The molecule has 0 saturated carbocycles. The standard InChI is InChI=1S/C16H26N4O4S/c1-9(2)13(17)15(21)20-14(10(3)4)16(22)19-11-5-7-12(8-6-11)25(18,23)24/h5-10,13-14H,17H2,1-4H3,(H,19,22)(H,20,21)(H2,18,23,24). The number of sulfonamides is 1. The molecule has 0 fully saturated rings. The van der Waals surface area contributed by atoms with E-state index in [9.17, 15) is 18.0 Å². The molecule has 0 saturated heterocycles. The van der Waals surface area contributed by atoms with Gasteiger partial charge >= 0.3 is 0 Å². The Hall–Kier alpha value is -1.97. The Morgan fingerprint density at radius 1 is 0.960 bits per heavy atom. The average Bonchev–Trinajstić information content (AvgIpc) is 2.50. The third kappa shape index (κ3) is 6.11. The lowest BCUT2D eigenvalue weighted by molar-refractivity contribution is -0.128. The smallest absolute Gasteiger partial charge is 0.247 e. The van der Waals surface area contributed by atoms with E-state index in [0.29, 0.717) is 5.69 Å². The summed E-state index contributed by atoms with van der Waals surface area (Å²) in [4.78, 5) is 24.5. The first-order chi connectivity index (χ1) is 11.4. The zero-order valence-corrected chi connectivity index (χ0v) is 15.6. The Balaban J connectivity index is 2.85. The van der Waals surface area contributed by atoms with Gasteiger partial charge in [0.1, 0.15) is 6.04 Å². The molecule has 8 nitrogen and oxygen atoms in total. The van der Waals surface area contributed by atoms with Crippen molar-refractivity contribution >= 4 is 27.5 Å². The van der Waals surface area contributed by atoms with E-state index in [1.807, 2.05) is 13.8 Å². The Labute approximate surface area is 148 Å². The number of rotatable bonds is 7. The quantitative estimate of drug-likeness (QED) is 0.549.